The van der Waals surface area contributed by atoms with Crippen LogP contribution in [0.3, 0.4) is 0 Å². The van der Waals surface area contributed by atoms with Crippen LogP contribution in [0.2, 0.25) is 0 Å². The Morgan fingerprint density at radius 1 is 1.03 bits per heavy atom. The predicted octanol–water partition coefficient (Wildman–Crippen LogP) is 1.71. The molecule has 0 amide bonds. The molecule has 8 heteroatoms. The van der Waals surface area contributed by atoms with Crippen LogP contribution >= 0.6 is 0 Å². The highest BCUT2D eigenvalue weighted by Crippen LogP contribution is 2.71. The third-order valence-corrected chi connectivity index (χ3v) is 11.8. The molecular formula is C28H40O8. The molecule has 1 heterocycles. The molecule has 0 spiro atoms. The van der Waals surface area contributed by atoms with Crippen molar-refractivity contribution < 1.29 is 39.9 Å². The van der Waals surface area contributed by atoms with Crippen molar-refractivity contribution in [3.63, 3.8) is 0 Å². The number of aliphatic hydroxyl groups excluding tert-OH is 1. The van der Waals surface area contributed by atoms with Gasteiger partial charge in [0, 0.05) is 17.4 Å². The van der Waals surface area contributed by atoms with Crippen LogP contribution in [0.15, 0.2) is 23.3 Å². The highest BCUT2D eigenvalue weighted by Gasteiger charge is 2.78. The third kappa shape index (κ3) is 2.72. The van der Waals surface area contributed by atoms with Crippen LogP contribution in [0.4, 0.5) is 0 Å². The van der Waals surface area contributed by atoms with Crippen LogP contribution in [0, 0.1) is 22.7 Å². The van der Waals surface area contributed by atoms with Crippen molar-refractivity contribution in [2.75, 3.05) is 0 Å². The Labute approximate surface area is 212 Å². The summed E-state index contributed by atoms with van der Waals surface area (Å²) >= 11 is 0. The summed E-state index contributed by atoms with van der Waals surface area (Å²) in [4.78, 5) is 25.7. The van der Waals surface area contributed by atoms with Crippen LogP contribution in [0.5, 0.6) is 0 Å². The van der Waals surface area contributed by atoms with E-state index in [1.807, 2.05) is 6.92 Å². The van der Waals surface area contributed by atoms with Gasteiger partial charge >= 0.3 is 5.97 Å². The highest BCUT2D eigenvalue weighted by molar-refractivity contribution is 5.97. The molecule has 36 heavy (non-hydrogen) atoms. The third-order valence-electron chi connectivity index (χ3n) is 11.8. The maximum absolute atomic E-state index is 13.2. The lowest BCUT2D eigenvalue weighted by Gasteiger charge is -2.66. The molecule has 0 saturated heterocycles. The summed E-state index contributed by atoms with van der Waals surface area (Å²) in [5.74, 6) is -1.77. The SMILES string of the molecule is CC1=C(C)C(=O)O[C@@H]([C@@](C)(O)[C@]2(O)CC[C@@]3(O)[C@@H]4C[C@@H](O)[C@@]5(O)CC=CC(=O)[C@]5(C)[C@H]4CC[C@]23C)C1. The summed E-state index contributed by atoms with van der Waals surface area (Å²) in [7, 11) is 0. The van der Waals surface area contributed by atoms with Gasteiger partial charge in [-0.1, -0.05) is 18.6 Å². The Bertz CT molecular complexity index is 1080. The molecular weight excluding hydrogens is 464 g/mol. The highest BCUT2D eigenvalue weighted by atomic mass is 16.6. The average molecular weight is 505 g/mol. The number of hydrogen-bond acceptors (Lipinski definition) is 8. The first-order valence-corrected chi connectivity index (χ1v) is 13.2. The van der Waals surface area contributed by atoms with Crippen molar-refractivity contribution in [3.8, 4) is 0 Å². The van der Waals surface area contributed by atoms with Gasteiger partial charge in [0.1, 0.15) is 22.9 Å². The Morgan fingerprint density at radius 3 is 2.33 bits per heavy atom. The van der Waals surface area contributed by atoms with Crippen LogP contribution < -0.4 is 0 Å². The number of carbonyl (C=O) groups is 2. The van der Waals surface area contributed by atoms with E-state index in [4.69, 9.17) is 4.74 Å². The number of fused-ring (bicyclic) bond motifs is 5. The molecule has 8 nitrogen and oxygen atoms in total. The van der Waals surface area contributed by atoms with Crippen molar-refractivity contribution in [2.24, 2.45) is 22.7 Å². The van der Waals surface area contributed by atoms with E-state index in [1.165, 1.54) is 13.0 Å². The molecule has 3 saturated carbocycles. The van der Waals surface area contributed by atoms with Crippen LogP contribution in [-0.4, -0.2) is 71.9 Å². The number of cyclic esters (lactones) is 1. The summed E-state index contributed by atoms with van der Waals surface area (Å²) in [6.07, 6.45) is 2.31. The van der Waals surface area contributed by atoms with Gasteiger partial charge in [0.25, 0.3) is 0 Å². The second-order valence-electron chi connectivity index (χ2n) is 12.9. The number of carbonyl (C=O) groups excluding carboxylic acids is 2. The predicted molar refractivity (Wildman–Crippen MR) is 129 cm³/mol. The molecule has 0 aromatic heterocycles. The lowest BCUT2D eigenvalue weighted by molar-refractivity contribution is -0.301. The molecule has 3 fully saturated rings. The van der Waals surface area contributed by atoms with E-state index in [1.54, 1.807) is 26.8 Å². The summed E-state index contributed by atoms with van der Waals surface area (Å²) in [6.45, 7) is 8.42. The van der Waals surface area contributed by atoms with Gasteiger partial charge in [0.2, 0.25) is 0 Å². The smallest absolute Gasteiger partial charge is 0.334 e. The molecule has 0 aromatic rings. The second-order valence-corrected chi connectivity index (χ2v) is 12.9. The molecule has 200 valence electrons. The van der Waals surface area contributed by atoms with Crippen molar-refractivity contribution >= 4 is 11.8 Å². The van der Waals surface area contributed by atoms with Crippen molar-refractivity contribution in [3.05, 3.63) is 23.3 Å². The van der Waals surface area contributed by atoms with Gasteiger partial charge in [0.05, 0.1) is 17.1 Å². The van der Waals surface area contributed by atoms with E-state index in [0.717, 1.165) is 5.57 Å². The first-order chi connectivity index (χ1) is 16.5. The Balaban J connectivity index is 1.55. The zero-order valence-corrected chi connectivity index (χ0v) is 21.9. The number of rotatable bonds is 2. The summed E-state index contributed by atoms with van der Waals surface area (Å²) in [5, 5.41) is 59.3. The molecule has 0 radical (unpaired) electrons. The molecule has 5 rings (SSSR count). The molecule has 10 atom stereocenters. The Morgan fingerprint density at radius 2 is 1.69 bits per heavy atom. The maximum Gasteiger partial charge on any atom is 0.334 e. The standard InChI is InChI=1S/C28H40O8/c1-15-13-21(36-22(31)16(15)2)25(5,32)28(35)12-11-26(33)18-14-20(30)27(34)9-6-7-19(29)24(27,4)17(18)8-10-23(26,28)3/h6-7,17-18,20-21,30,32-35H,8-14H2,1-5H3/t17-,18+,20+,21+,23-,24-,25+,26+,27-,28-/m0/s1. The van der Waals surface area contributed by atoms with Crippen LogP contribution in [0.25, 0.3) is 0 Å². The largest absolute Gasteiger partial charge is 0.455 e. The summed E-state index contributed by atoms with van der Waals surface area (Å²) in [5.41, 5.74) is -8.00. The number of esters is 1. The minimum absolute atomic E-state index is 0.0664. The zero-order valence-electron chi connectivity index (χ0n) is 21.9. The van der Waals surface area contributed by atoms with Gasteiger partial charge in [0.15, 0.2) is 5.78 Å². The number of ether oxygens (including phenoxy) is 1. The van der Waals surface area contributed by atoms with E-state index in [9.17, 15) is 35.1 Å². The maximum atomic E-state index is 13.2. The number of aliphatic hydroxyl groups is 5. The quantitative estimate of drug-likeness (QED) is 0.358. The molecule has 0 bridgehead atoms. The lowest BCUT2D eigenvalue weighted by atomic mass is 9.41. The van der Waals surface area contributed by atoms with Gasteiger partial charge in [-0.3, -0.25) is 4.79 Å². The van der Waals surface area contributed by atoms with Crippen molar-refractivity contribution in [1.82, 2.24) is 0 Å². The molecule has 0 aromatic carbocycles. The Hall–Kier alpha value is -1.58. The molecule has 5 N–H and O–H groups in total. The first kappa shape index (κ1) is 26.0. The van der Waals surface area contributed by atoms with E-state index >= 15 is 0 Å². The topological polar surface area (TPSA) is 145 Å². The molecule has 0 unspecified atom stereocenters. The van der Waals surface area contributed by atoms with Gasteiger partial charge in [-0.05, 0) is 84.1 Å². The van der Waals surface area contributed by atoms with Crippen LogP contribution in [0.1, 0.15) is 79.6 Å². The van der Waals surface area contributed by atoms with Crippen molar-refractivity contribution in [2.45, 2.75) is 114 Å². The number of hydrogen-bond donors (Lipinski definition) is 5. The fourth-order valence-corrected chi connectivity index (χ4v) is 8.95. The number of ketones is 1. The minimum Gasteiger partial charge on any atom is -0.455 e. The van der Waals surface area contributed by atoms with Gasteiger partial charge in [-0.25, -0.2) is 4.79 Å². The van der Waals surface area contributed by atoms with E-state index in [0.29, 0.717) is 18.4 Å². The van der Waals surface area contributed by atoms with E-state index in [2.05, 4.69) is 0 Å². The van der Waals surface area contributed by atoms with Crippen molar-refractivity contribution in [1.29, 1.82) is 0 Å². The molecule has 1 aliphatic heterocycles. The Kier molecular flexibility index (Phi) is 5.43. The van der Waals surface area contributed by atoms with Gasteiger partial charge in [-0.2, -0.15) is 0 Å². The first-order valence-electron chi connectivity index (χ1n) is 13.2. The minimum atomic E-state index is -1.86. The normalized spacial score (nSPS) is 52.3. The lowest BCUT2D eigenvalue weighted by Crippen LogP contribution is -2.75. The average Bonchev–Trinajstić information content (AvgIpc) is 3.03. The van der Waals surface area contributed by atoms with Gasteiger partial charge in [-0.15, -0.1) is 0 Å². The summed E-state index contributed by atoms with van der Waals surface area (Å²) < 4.78 is 5.59. The molecule has 5 aliphatic rings. The second kappa shape index (κ2) is 7.50. The fourth-order valence-electron chi connectivity index (χ4n) is 8.95. The van der Waals surface area contributed by atoms with Crippen LogP contribution in [-0.2, 0) is 14.3 Å². The summed E-state index contributed by atoms with van der Waals surface area (Å²) in [6, 6.07) is 0. The number of allylic oxidation sites excluding steroid dienone is 1. The van der Waals surface area contributed by atoms with E-state index < -0.39 is 63.2 Å². The monoisotopic (exact) mass is 504 g/mol. The molecule has 4 aliphatic carbocycles. The fraction of sp³-hybridized carbons (Fsp3) is 0.786. The van der Waals surface area contributed by atoms with E-state index in [-0.39, 0.29) is 37.9 Å². The zero-order chi connectivity index (χ0) is 26.7. The van der Waals surface area contributed by atoms with Gasteiger partial charge < -0.3 is 30.3 Å².